The Morgan fingerprint density at radius 2 is 2.05 bits per heavy atom. The van der Waals surface area contributed by atoms with Crippen LogP contribution in [0.15, 0.2) is 23.1 Å². The van der Waals surface area contributed by atoms with E-state index in [4.69, 9.17) is 9.47 Å². The van der Waals surface area contributed by atoms with E-state index in [9.17, 15) is 9.00 Å². The zero-order valence-electron chi connectivity index (χ0n) is 10.9. The molecule has 1 heterocycles. The van der Waals surface area contributed by atoms with Crippen molar-refractivity contribution in [2.45, 2.75) is 23.5 Å². The molecule has 0 spiro atoms. The predicted molar refractivity (Wildman–Crippen MR) is 69.9 cm³/mol. The SMILES string of the molecule is COC(=O)CC(C)S(=O)c1ccc2c(c1)OCCO2. The Hall–Kier alpha value is -1.56. The Balaban J connectivity index is 2.12. The van der Waals surface area contributed by atoms with E-state index in [1.54, 1.807) is 25.1 Å². The van der Waals surface area contributed by atoms with Gasteiger partial charge in [-0.3, -0.25) is 9.00 Å². The Labute approximate surface area is 114 Å². The molecule has 0 fully saturated rings. The second kappa shape index (κ2) is 6.06. The molecule has 2 atom stereocenters. The first-order valence-electron chi connectivity index (χ1n) is 5.99. The molecule has 1 aliphatic rings. The summed E-state index contributed by atoms with van der Waals surface area (Å²) in [6.45, 7) is 2.76. The van der Waals surface area contributed by atoms with Gasteiger partial charge >= 0.3 is 5.97 Å². The average molecular weight is 284 g/mol. The number of ether oxygens (including phenoxy) is 3. The summed E-state index contributed by atoms with van der Waals surface area (Å²) in [5, 5.41) is -0.310. The molecule has 0 aliphatic carbocycles. The summed E-state index contributed by atoms with van der Waals surface area (Å²) in [5.74, 6) is 0.897. The molecule has 1 aromatic rings. The normalized spacial score (nSPS) is 16.5. The first-order valence-corrected chi connectivity index (χ1v) is 7.20. The van der Waals surface area contributed by atoms with E-state index < -0.39 is 10.8 Å². The van der Waals surface area contributed by atoms with Crippen LogP contribution >= 0.6 is 0 Å². The lowest BCUT2D eigenvalue weighted by atomic mass is 10.3. The molecule has 0 N–H and O–H groups in total. The Morgan fingerprint density at radius 1 is 1.37 bits per heavy atom. The molecule has 0 bridgehead atoms. The predicted octanol–water partition coefficient (Wildman–Crippen LogP) is 1.52. The van der Waals surface area contributed by atoms with Gasteiger partial charge in [0.25, 0.3) is 0 Å². The van der Waals surface area contributed by atoms with Crippen LogP contribution in [0.1, 0.15) is 13.3 Å². The van der Waals surface area contributed by atoms with Gasteiger partial charge in [-0.05, 0) is 19.1 Å². The molecule has 0 radical (unpaired) electrons. The van der Waals surface area contributed by atoms with Crippen LogP contribution in [0.3, 0.4) is 0 Å². The quantitative estimate of drug-likeness (QED) is 0.784. The third kappa shape index (κ3) is 3.26. The lowest BCUT2D eigenvalue weighted by molar-refractivity contribution is -0.140. The van der Waals surface area contributed by atoms with Gasteiger partial charge in [0.1, 0.15) is 13.2 Å². The Bertz CT molecular complexity index is 500. The lowest BCUT2D eigenvalue weighted by Gasteiger charge is -2.19. The number of esters is 1. The monoisotopic (exact) mass is 284 g/mol. The van der Waals surface area contributed by atoms with E-state index in [1.165, 1.54) is 7.11 Å². The zero-order chi connectivity index (χ0) is 13.8. The maximum Gasteiger partial charge on any atom is 0.306 e. The minimum Gasteiger partial charge on any atom is -0.486 e. The maximum absolute atomic E-state index is 12.3. The highest BCUT2D eigenvalue weighted by Crippen LogP contribution is 2.32. The molecule has 0 saturated carbocycles. The minimum absolute atomic E-state index is 0.123. The van der Waals surface area contributed by atoms with Gasteiger partial charge in [0, 0.05) is 16.2 Å². The number of carbonyl (C=O) groups is 1. The standard InChI is InChI=1S/C13H16O5S/c1-9(7-13(14)16-2)19(15)10-3-4-11-12(8-10)18-6-5-17-11/h3-4,8-9H,5-7H2,1-2H3. The van der Waals surface area contributed by atoms with Gasteiger partial charge in [-0.2, -0.15) is 0 Å². The number of hydrogen-bond donors (Lipinski definition) is 0. The van der Waals surface area contributed by atoms with Gasteiger partial charge in [-0.25, -0.2) is 0 Å². The summed E-state index contributed by atoms with van der Waals surface area (Å²) >= 11 is 0. The van der Waals surface area contributed by atoms with Crippen LogP contribution in [0.4, 0.5) is 0 Å². The third-order valence-corrected chi connectivity index (χ3v) is 4.41. The third-order valence-electron chi connectivity index (χ3n) is 2.79. The molecule has 5 nitrogen and oxygen atoms in total. The van der Waals surface area contributed by atoms with Crippen molar-refractivity contribution in [2.24, 2.45) is 0 Å². The van der Waals surface area contributed by atoms with Crippen LogP contribution in [0, 0.1) is 0 Å². The second-order valence-electron chi connectivity index (χ2n) is 4.19. The van der Waals surface area contributed by atoms with Crippen molar-refractivity contribution in [3.8, 4) is 11.5 Å². The Kier molecular flexibility index (Phi) is 4.42. The first kappa shape index (κ1) is 13.9. The van der Waals surface area contributed by atoms with Gasteiger partial charge in [-0.1, -0.05) is 0 Å². The number of hydrogen-bond acceptors (Lipinski definition) is 5. The van der Waals surface area contributed by atoms with Crippen molar-refractivity contribution in [2.75, 3.05) is 20.3 Å². The molecule has 0 amide bonds. The number of carbonyl (C=O) groups excluding carboxylic acids is 1. The van der Waals surface area contributed by atoms with Gasteiger partial charge < -0.3 is 14.2 Å². The van der Waals surface area contributed by atoms with E-state index in [-0.39, 0.29) is 17.6 Å². The van der Waals surface area contributed by atoms with Gasteiger partial charge in [0.2, 0.25) is 0 Å². The van der Waals surface area contributed by atoms with Crippen molar-refractivity contribution in [3.63, 3.8) is 0 Å². The maximum atomic E-state index is 12.3. The van der Waals surface area contributed by atoms with Crippen LogP contribution in [0.25, 0.3) is 0 Å². The van der Waals surface area contributed by atoms with Gasteiger partial charge in [0.05, 0.1) is 24.3 Å². The molecular weight excluding hydrogens is 268 g/mol. The fourth-order valence-electron chi connectivity index (χ4n) is 1.77. The van der Waals surface area contributed by atoms with Crippen LogP contribution in [-0.2, 0) is 20.3 Å². The van der Waals surface area contributed by atoms with Crippen molar-refractivity contribution in [1.29, 1.82) is 0 Å². The highest BCUT2D eigenvalue weighted by Gasteiger charge is 2.20. The molecule has 1 aromatic carbocycles. The summed E-state index contributed by atoms with van der Waals surface area (Å²) in [5.41, 5.74) is 0. The lowest BCUT2D eigenvalue weighted by Crippen LogP contribution is -2.18. The van der Waals surface area contributed by atoms with E-state index in [2.05, 4.69) is 4.74 Å². The molecular formula is C13H16O5S. The number of rotatable bonds is 4. The fraction of sp³-hybridized carbons (Fsp3) is 0.462. The fourth-order valence-corrected chi connectivity index (χ4v) is 2.95. The zero-order valence-corrected chi connectivity index (χ0v) is 11.7. The van der Waals surface area contributed by atoms with E-state index in [0.29, 0.717) is 29.6 Å². The number of benzene rings is 1. The topological polar surface area (TPSA) is 61.8 Å². The Morgan fingerprint density at radius 3 is 2.74 bits per heavy atom. The van der Waals surface area contributed by atoms with Crippen molar-refractivity contribution in [1.82, 2.24) is 0 Å². The van der Waals surface area contributed by atoms with Gasteiger partial charge in [0.15, 0.2) is 11.5 Å². The van der Waals surface area contributed by atoms with Crippen molar-refractivity contribution < 1.29 is 23.2 Å². The van der Waals surface area contributed by atoms with Crippen LogP contribution in [-0.4, -0.2) is 35.8 Å². The molecule has 19 heavy (non-hydrogen) atoms. The molecule has 2 rings (SSSR count). The van der Waals surface area contributed by atoms with Crippen LogP contribution < -0.4 is 9.47 Å². The number of methoxy groups -OCH3 is 1. The van der Waals surface area contributed by atoms with Crippen molar-refractivity contribution in [3.05, 3.63) is 18.2 Å². The summed E-state index contributed by atoms with van der Waals surface area (Å²) < 4.78 is 27.7. The number of fused-ring (bicyclic) bond motifs is 1. The molecule has 6 heteroatoms. The minimum atomic E-state index is -1.28. The summed E-state index contributed by atoms with van der Waals surface area (Å²) in [6.07, 6.45) is 0.123. The molecule has 0 aromatic heterocycles. The summed E-state index contributed by atoms with van der Waals surface area (Å²) in [4.78, 5) is 11.8. The summed E-state index contributed by atoms with van der Waals surface area (Å²) in [6, 6.07) is 5.18. The van der Waals surface area contributed by atoms with E-state index in [1.807, 2.05) is 0 Å². The highest BCUT2D eigenvalue weighted by molar-refractivity contribution is 7.85. The van der Waals surface area contributed by atoms with Crippen LogP contribution in [0.5, 0.6) is 11.5 Å². The van der Waals surface area contributed by atoms with E-state index >= 15 is 0 Å². The van der Waals surface area contributed by atoms with Crippen molar-refractivity contribution >= 4 is 16.8 Å². The molecule has 0 saturated heterocycles. The smallest absolute Gasteiger partial charge is 0.306 e. The molecule has 1 aliphatic heterocycles. The molecule has 2 unspecified atom stereocenters. The second-order valence-corrected chi connectivity index (χ2v) is 6.06. The highest BCUT2D eigenvalue weighted by atomic mass is 32.2. The van der Waals surface area contributed by atoms with E-state index in [0.717, 1.165) is 0 Å². The molecule has 104 valence electrons. The first-order chi connectivity index (χ1) is 9.11. The summed E-state index contributed by atoms with van der Waals surface area (Å²) in [7, 11) is 0.0367. The van der Waals surface area contributed by atoms with Gasteiger partial charge in [-0.15, -0.1) is 0 Å². The average Bonchev–Trinajstić information content (AvgIpc) is 2.45. The largest absolute Gasteiger partial charge is 0.486 e. The van der Waals surface area contributed by atoms with Crippen LogP contribution in [0.2, 0.25) is 0 Å².